The van der Waals surface area contributed by atoms with Crippen molar-refractivity contribution >= 4 is 11.8 Å². The highest BCUT2D eigenvalue weighted by atomic mass is 32.2. The fourth-order valence-electron chi connectivity index (χ4n) is 2.46. The Morgan fingerprint density at radius 1 is 1.44 bits per heavy atom. The smallest absolute Gasteiger partial charge is 0.0534 e. The second kappa shape index (κ2) is 8.37. The quantitative estimate of drug-likeness (QED) is 0.664. The van der Waals surface area contributed by atoms with Crippen molar-refractivity contribution in [1.82, 2.24) is 5.32 Å². The molecule has 1 unspecified atom stereocenters. The van der Waals surface area contributed by atoms with Crippen LogP contribution in [0.4, 0.5) is 0 Å². The molecule has 1 heterocycles. The molecule has 1 aliphatic rings. The van der Waals surface area contributed by atoms with Crippen LogP contribution in [-0.2, 0) is 4.74 Å². The van der Waals surface area contributed by atoms with Gasteiger partial charge in [-0.1, -0.05) is 6.92 Å². The van der Waals surface area contributed by atoms with Gasteiger partial charge >= 0.3 is 0 Å². The Kier molecular flexibility index (Phi) is 7.50. The van der Waals surface area contributed by atoms with Crippen LogP contribution in [0.25, 0.3) is 0 Å². The summed E-state index contributed by atoms with van der Waals surface area (Å²) in [7, 11) is 0. The largest absolute Gasteiger partial charge is 0.381 e. The summed E-state index contributed by atoms with van der Waals surface area (Å²) in [6.07, 6.45) is 8.66. The van der Waals surface area contributed by atoms with Crippen molar-refractivity contribution in [3.8, 4) is 0 Å². The van der Waals surface area contributed by atoms with E-state index in [9.17, 15) is 0 Å². The summed E-state index contributed by atoms with van der Waals surface area (Å²) in [5.41, 5.74) is 0.434. The van der Waals surface area contributed by atoms with Gasteiger partial charge in [-0.05, 0) is 50.7 Å². The van der Waals surface area contributed by atoms with Crippen molar-refractivity contribution in [3.63, 3.8) is 0 Å². The van der Waals surface area contributed by atoms with Crippen LogP contribution in [0.3, 0.4) is 0 Å². The van der Waals surface area contributed by atoms with Gasteiger partial charge in [-0.15, -0.1) is 0 Å². The number of ether oxygens (including phenoxy) is 1. The van der Waals surface area contributed by atoms with E-state index in [-0.39, 0.29) is 0 Å². The molecule has 16 heavy (non-hydrogen) atoms. The van der Waals surface area contributed by atoms with E-state index in [1.807, 2.05) is 11.8 Å². The number of hydrogen-bond donors (Lipinski definition) is 1. The van der Waals surface area contributed by atoms with Crippen LogP contribution in [0.1, 0.15) is 39.0 Å². The third-order valence-electron chi connectivity index (χ3n) is 3.39. The zero-order valence-electron chi connectivity index (χ0n) is 10.9. The van der Waals surface area contributed by atoms with E-state index in [0.717, 1.165) is 26.3 Å². The first kappa shape index (κ1) is 14.3. The van der Waals surface area contributed by atoms with Crippen LogP contribution in [0.5, 0.6) is 0 Å². The Morgan fingerprint density at radius 2 is 2.31 bits per heavy atom. The van der Waals surface area contributed by atoms with Gasteiger partial charge in [0.15, 0.2) is 0 Å². The Labute approximate surface area is 105 Å². The lowest BCUT2D eigenvalue weighted by atomic mass is 9.78. The van der Waals surface area contributed by atoms with Gasteiger partial charge in [0.25, 0.3) is 0 Å². The summed E-state index contributed by atoms with van der Waals surface area (Å²) in [5, 5.41) is 3.59. The molecule has 0 amide bonds. The van der Waals surface area contributed by atoms with Crippen LogP contribution in [-0.4, -0.2) is 38.3 Å². The van der Waals surface area contributed by atoms with Gasteiger partial charge in [0.1, 0.15) is 0 Å². The molecule has 96 valence electrons. The minimum absolute atomic E-state index is 0.434. The second-order valence-electron chi connectivity index (χ2n) is 4.93. The normalized spacial score (nSPS) is 25.9. The molecule has 0 saturated carbocycles. The van der Waals surface area contributed by atoms with Crippen molar-refractivity contribution in [2.45, 2.75) is 39.0 Å². The van der Waals surface area contributed by atoms with Crippen LogP contribution in [0.15, 0.2) is 0 Å². The van der Waals surface area contributed by atoms with Gasteiger partial charge in [-0.3, -0.25) is 0 Å². The average Bonchev–Trinajstić information content (AvgIpc) is 2.31. The van der Waals surface area contributed by atoms with Gasteiger partial charge < -0.3 is 10.1 Å². The van der Waals surface area contributed by atoms with E-state index in [0.29, 0.717) is 5.41 Å². The highest BCUT2D eigenvalue weighted by Gasteiger charge is 2.31. The minimum atomic E-state index is 0.434. The molecule has 0 radical (unpaired) electrons. The standard InChI is InChI=1S/C13H27NOS/c1-3-8-14-11-13(7-5-10-16-2)6-4-9-15-12-13/h14H,3-12H2,1-2H3. The number of hydrogen-bond acceptors (Lipinski definition) is 3. The summed E-state index contributed by atoms with van der Waals surface area (Å²) in [4.78, 5) is 0. The van der Waals surface area contributed by atoms with Gasteiger partial charge in [0, 0.05) is 18.6 Å². The molecule has 0 aromatic rings. The molecule has 3 heteroatoms. The SMILES string of the molecule is CCCNCC1(CCCSC)CCCOC1. The summed E-state index contributed by atoms with van der Waals surface area (Å²) >= 11 is 1.96. The highest BCUT2D eigenvalue weighted by molar-refractivity contribution is 7.98. The van der Waals surface area contributed by atoms with Gasteiger partial charge in [-0.25, -0.2) is 0 Å². The molecule has 1 atom stereocenters. The van der Waals surface area contributed by atoms with Gasteiger partial charge in [0.2, 0.25) is 0 Å². The van der Waals surface area contributed by atoms with Crippen molar-refractivity contribution < 1.29 is 4.74 Å². The van der Waals surface area contributed by atoms with Crippen molar-refractivity contribution in [3.05, 3.63) is 0 Å². The predicted molar refractivity (Wildman–Crippen MR) is 73.3 cm³/mol. The van der Waals surface area contributed by atoms with Crippen LogP contribution >= 0.6 is 11.8 Å². The lowest BCUT2D eigenvalue weighted by Crippen LogP contribution is -2.41. The maximum atomic E-state index is 5.70. The fourth-order valence-corrected chi connectivity index (χ4v) is 2.89. The molecule has 0 bridgehead atoms. The summed E-state index contributed by atoms with van der Waals surface area (Å²) in [6, 6.07) is 0. The predicted octanol–water partition coefficient (Wildman–Crippen LogP) is 2.93. The summed E-state index contributed by atoms with van der Waals surface area (Å²) in [5.74, 6) is 1.29. The third-order valence-corrected chi connectivity index (χ3v) is 4.08. The molecule has 1 aliphatic heterocycles. The molecule has 2 nitrogen and oxygen atoms in total. The second-order valence-corrected chi connectivity index (χ2v) is 5.91. The third kappa shape index (κ3) is 5.07. The maximum absolute atomic E-state index is 5.70. The zero-order chi connectivity index (χ0) is 11.7. The number of rotatable bonds is 8. The van der Waals surface area contributed by atoms with E-state index < -0.39 is 0 Å². The van der Waals surface area contributed by atoms with E-state index in [1.54, 1.807) is 0 Å². The monoisotopic (exact) mass is 245 g/mol. The van der Waals surface area contributed by atoms with Gasteiger partial charge in [0.05, 0.1) is 6.61 Å². The first-order chi connectivity index (χ1) is 7.83. The molecule has 1 rings (SSSR count). The van der Waals surface area contributed by atoms with E-state index >= 15 is 0 Å². The zero-order valence-corrected chi connectivity index (χ0v) is 11.7. The van der Waals surface area contributed by atoms with Crippen molar-refractivity contribution in [2.24, 2.45) is 5.41 Å². The molecular formula is C13H27NOS. The molecule has 1 saturated heterocycles. The van der Waals surface area contributed by atoms with Gasteiger partial charge in [-0.2, -0.15) is 11.8 Å². The minimum Gasteiger partial charge on any atom is -0.381 e. The van der Waals surface area contributed by atoms with Crippen molar-refractivity contribution in [2.75, 3.05) is 38.3 Å². The Morgan fingerprint density at radius 3 is 2.94 bits per heavy atom. The Hall–Kier alpha value is 0.270. The first-order valence-electron chi connectivity index (χ1n) is 6.60. The van der Waals surface area contributed by atoms with E-state index in [1.165, 1.54) is 37.9 Å². The Bertz CT molecular complexity index is 157. The molecule has 1 N–H and O–H groups in total. The molecular weight excluding hydrogens is 218 g/mol. The molecule has 0 spiro atoms. The average molecular weight is 245 g/mol. The molecule has 0 aromatic heterocycles. The summed E-state index contributed by atoms with van der Waals surface area (Å²) in [6.45, 7) is 6.46. The first-order valence-corrected chi connectivity index (χ1v) is 8.00. The van der Waals surface area contributed by atoms with Crippen LogP contribution < -0.4 is 5.32 Å². The van der Waals surface area contributed by atoms with Crippen LogP contribution in [0, 0.1) is 5.41 Å². The summed E-state index contributed by atoms with van der Waals surface area (Å²) < 4.78 is 5.70. The van der Waals surface area contributed by atoms with Crippen LogP contribution in [0.2, 0.25) is 0 Å². The Balaban J connectivity index is 2.33. The number of nitrogens with one attached hydrogen (secondary N) is 1. The lowest BCUT2D eigenvalue weighted by molar-refractivity contribution is -0.0121. The van der Waals surface area contributed by atoms with E-state index in [2.05, 4.69) is 18.5 Å². The number of thioether (sulfide) groups is 1. The molecule has 0 aromatic carbocycles. The fraction of sp³-hybridized carbons (Fsp3) is 1.00. The van der Waals surface area contributed by atoms with Crippen molar-refractivity contribution in [1.29, 1.82) is 0 Å². The topological polar surface area (TPSA) is 21.3 Å². The molecule has 1 fully saturated rings. The molecule has 0 aliphatic carbocycles. The lowest BCUT2D eigenvalue weighted by Gasteiger charge is -2.37. The maximum Gasteiger partial charge on any atom is 0.0534 e. The highest BCUT2D eigenvalue weighted by Crippen LogP contribution is 2.33. The van der Waals surface area contributed by atoms with E-state index in [4.69, 9.17) is 4.74 Å².